The lowest BCUT2D eigenvalue weighted by Crippen LogP contribution is -2.33. The largest absolute Gasteiger partial charge is 0.446 e. The zero-order chi connectivity index (χ0) is 28.2. The minimum atomic E-state index is -0.549. The molecular formula is C27H33N7O6. The number of carbonyl (C=O) groups is 3. The third-order valence-electron chi connectivity index (χ3n) is 6.77. The van der Waals surface area contributed by atoms with Gasteiger partial charge in [0.15, 0.2) is 17.8 Å². The van der Waals surface area contributed by atoms with Crippen LogP contribution in [0, 0.1) is 0 Å². The molecule has 1 aromatic carbocycles. The molecule has 40 heavy (non-hydrogen) atoms. The van der Waals surface area contributed by atoms with Crippen molar-refractivity contribution < 1.29 is 28.6 Å². The smallest absolute Gasteiger partial charge is 0.407 e. The molecule has 3 amide bonds. The van der Waals surface area contributed by atoms with Crippen LogP contribution in [0.3, 0.4) is 0 Å². The third kappa shape index (κ3) is 6.32. The number of para-hydroxylation sites is 1. The number of carbonyl (C=O) groups excluding carboxylic acids is 3. The number of alkyl carbamates (subject to hydrolysis) is 1. The van der Waals surface area contributed by atoms with E-state index in [2.05, 4.69) is 31.2 Å². The quantitative estimate of drug-likeness (QED) is 0.331. The molecule has 212 valence electrons. The predicted octanol–water partition coefficient (Wildman–Crippen LogP) is 3.46. The van der Waals surface area contributed by atoms with Gasteiger partial charge in [0.25, 0.3) is 11.8 Å². The molecule has 5 rings (SSSR count). The number of amides is 3. The standard InChI is InChI=1S/C27H33N7O6/c1-15(2)28-27(37)40-17-9-8-16(12-17)20-14-23(32-31-20)30-25(36)22-13-21(33-34(22)3)24(35)29-19-7-5-4-6-18(19)26-38-10-11-39-26/h4-7,13-17,26H,8-12H2,1-3H3,(H,28,37)(H,29,35)(H2,30,31,32,36)/t16-,17+/m0/s1. The molecule has 1 saturated carbocycles. The first-order chi connectivity index (χ1) is 19.3. The van der Waals surface area contributed by atoms with Crippen molar-refractivity contribution in [2.45, 2.75) is 57.5 Å². The number of rotatable bonds is 8. The summed E-state index contributed by atoms with van der Waals surface area (Å²) in [7, 11) is 1.59. The van der Waals surface area contributed by atoms with Gasteiger partial charge in [0, 0.05) is 48.1 Å². The lowest BCUT2D eigenvalue weighted by molar-refractivity contribution is -0.0435. The van der Waals surface area contributed by atoms with E-state index in [1.807, 2.05) is 26.0 Å². The SMILES string of the molecule is CC(C)NC(=O)O[C@@H]1CC[C@H](c2cc(NC(=O)c3cc(C(=O)Nc4ccccc4C4OCCO4)nn3C)n[nH]2)C1. The van der Waals surface area contributed by atoms with E-state index in [1.54, 1.807) is 25.2 Å². The highest BCUT2D eigenvalue weighted by molar-refractivity contribution is 6.07. The highest BCUT2D eigenvalue weighted by Gasteiger charge is 2.30. The second-order valence-corrected chi connectivity index (χ2v) is 10.2. The molecule has 1 aliphatic heterocycles. The summed E-state index contributed by atoms with van der Waals surface area (Å²) in [6.07, 6.45) is 1.12. The Labute approximate surface area is 230 Å². The van der Waals surface area contributed by atoms with Gasteiger partial charge in [0.1, 0.15) is 11.8 Å². The number of ether oxygens (including phenoxy) is 3. The van der Waals surface area contributed by atoms with Gasteiger partial charge in [-0.1, -0.05) is 18.2 Å². The molecule has 2 aromatic heterocycles. The average molecular weight is 552 g/mol. The summed E-state index contributed by atoms with van der Waals surface area (Å²) in [5.74, 6) is -0.454. The Hall–Kier alpha value is -4.23. The van der Waals surface area contributed by atoms with Gasteiger partial charge in [-0.15, -0.1) is 0 Å². The van der Waals surface area contributed by atoms with Gasteiger partial charge in [-0.2, -0.15) is 10.2 Å². The van der Waals surface area contributed by atoms with E-state index in [0.717, 1.165) is 18.5 Å². The second-order valence-electron chi connectivity index (χ2n) is 10.2. The van der Waals surface area contributed by atoms with Crippen molar-refractivity contribution in [2.24, 2.45) is 7.05 Å². The van der Waals surface area contributed by atoms with Crippen molar-refractivity contribution in [3.63, 3.8) is 0 Å². The fourth-order valence-electron chi connectivity index (χ4n) is 4.87. The van der Waals surface area contributed by atoms with Crippen molar-refractivity contribution in [1.29, 1.82) is 0 Å². The first-order valence-electron chi connectivity index (χ1n) is 13.3. The number of nitrogens with zero attached hydrogens (tertiary/aromatic N) is 3. The van der Waals surface area contributed by atoms with Crippen LogP contribution in [0.15, 0.2) is 36.4 Å². The van der Waals surface area contributed by atoms with Crippen LogP contribution in [0.5, 0.6) is 0 Å². The molecule has 1 saturated heterocycles. The molecule has 13 heteroatoms. The fraction of sp³-hybridized carbons (Fsp3) is 0.444. The lowest BCUT2D eigenvalue weighted by atomic mass is 10.0. The van der Waals surface area contributed by atoms with E-state index in [4.69, 9.17) is 14.2 Å². The number of aromatic nitrogens is 4. The topological polar surface area (TPSA) is 161 Å². The predicted molar refractivity (Wildman–Crippen MR) is 144 cm³/mol. The van der Waals surface area contributed by atoms with Crippen molar-refractivity contribution in [2.75, 3.05) is 23.8 Å². The summed E-state index contributed by atoms with van der Waals surface area (Å²) in [5.41, 5.74) is 2.37. The Balaban J connectivity index is 1.19. The number of nitrogens with one attached hydrogen (secondary N) is 4. The minimum Gasteiger partial charge on any atom is -0.446 e. The van der Waals surface area contributed by atoms with Gasteiger partial charge >= 0.3 is 6.09 Å². The van der Waals surface area contributed by atoms with Crippen molar-refractivity contribution in [3.05, 3.63) is 59.0 Å². The Morgan fingerprint density at radius 3 is 2.62 bits per heavy atom. The molecule has 13 nitrogen and oxygen atoms in total. The first-order valence-corrected chi connectivity index (χ1v) is 13.3. The Kier molecular flexibility index (Phi) is 8.12. The summed E-state index contributed by atoms with van der Waals surface area (Å²) in [6, 6.07) is 10.4. The van der Waals surface area contributed by atoms with Gasteiger partial charge in [-0.3, -0.25) is 19.4 Å². The number of anilines is 2. The molecule has 1 aliphatic carbocycles. The molecule has 3 heterocycles. The fourth-order valence-corrected chi connectivity index (χ4v) is 4.87. The van der Waals surface area contributed by atoms with E-state index in [9.17, 15) is 14.4 Å². The van der Waals surface area contributed by atoms with Crippen LogP contribution in [0.2, 0.25) is 0 Å². The summed E-state index contributed by atoms with van der Waals surface area (Å²) in [6.45, 7) is 4.72. The van der Waals surface area contributed by atoms with Crippen LogP contribution in [0.4, 0.5) is 16.3 Å². The van der Waals surface area contributed by atoms with Crippen LogP contribution in [-0.4, -0.2) is 63.2 Å². The number of aromatic amines is 1. The normalized spacial score (nSPS) is 19.1. The Bertz CT molecular complexity index is 1380. The lowest BCUT2D eigenvalue weighted by Gasteiger charge is -2.14. The van der Waals surface area contributed by atoms with Gasteiger partial charge in [0.2, 0.25) is 0 Å². The van der Waals surface area contributed by atoms with Crippen LogP contribution in [0.1, 0.15) is 77.6 Å². The van der Waals surface area contributed by atoms with Crippen LogP contribution >= 0.6 is 0 Å². The van der Waals surface area contributed by atoms with Crippen molar-refractivity contribution >= 4 is 29.4 Å². The van der Waals surface area contributed by atoms with E-state index in [0.29, 0.717) is 36.7 Å². The van der Waals surface area contributed by atoms with Crippen LogP contribution in [-0.2, 0) is 21.3 Å². The van der Waals surface area contributed by atoms with Crippen LogP contribution < -0.4 is 16.0 Å². The molecule has 4 N–H and O–H groups in total. The molecule has 0 unspecified atom stereocenters. The van der Waals surface area contributed by atoms with E-state index >= 15 is 0 Å². The number of H-pyrrole nitrogens is 1. The number of hydrogen-bond donors (Lipinski definition) is 4. The highest BCUT2D eigenvalue weighted by atomic mass is 16.7. The van der Waals surface area contributed by atoms with Gasteiger partial charge in [-0.25, -0.2) is 4.79 Å². The van der Waals surface area contributed by atoms with Crippen molar-refractivity contribution in [3.8, 4) is 0 Å². The maximum absolute atomic E-state index is 13.0. The van der Waals surface area contributed by atoms with E-state index in [-0.39, 0.29) is 29.5 Å². The molecule has 3 aromatic rings. The summed E-state index contributed by atoms with van der Waals surface area (Å²) in [5, 5.41) is 19.7. The third-order valence-corrected chi connectivity index (χ3v) is 6.77. The van der Waals surface area contributed by atoms with Gasteiger partial charge in [0.05, 0.1) is 13.2 Å². The van der Waals surface area contributed by atoms with E-state index < -0.39 is 24.2 Å². The zero-order valence-electron chi connectivity index (χ0n) is 22.6. The summed E-state index contributed by atoms with van der Waals surface area (Å²) in [4.78, 5) is 37.9. The first kappa shape index (κ1) is 27.3. The van der Waals surface area contributed by atoms with Gasteiger partial charge in [-0.05, 0) is 39.2 Å². The molecule has 0 radical (unpaired) electrons. The molecule has 0 bridgehead atoms. The number of hydrogen-bond acceptors (Lipinski definition) is 8. The molecule has 2 fully saturated rings. The maximum Gasteiger partial charge on any atom is 0.407 e. The second kappa shape index (κ2) is 11.9. The van der Waals surface area contributed by atoms with Crippen molar-refractivity contribution in [1.82, 2.24) is 25.3 Å². The molecular weight excluding hydrogens is 518 g/mol. The van der Waals surface area contributed by atoms with Crippen LogP contribution in [0.25, 0.3) is 0 Å². The molecule has 2 aliphatic rings. The number of aryl methyl sites for hydroxylation is 1. The summed E-state index contributed by atoms with van der Waals surface area (Å²) >= 11 is 0. The molecule has 0 spiro atoms. The monoisotopic (exact) mass is 551 g/mol. The maximum atomic E-state index is 13.0. The Morgan fingerprint density at radius 1 is 1.07 bits per heavy atom. The Morgan fingerprint density at radius 2 is 1.85 bits per heavy atom. The number of benzene rings is 1. The average Bonchev–Trinajstić information content (AvgIpc) is 3.71. The minimum absolute atomic E-state index is 0.0110. The van der Waals surface area contributed by atoms with Gasteiger partial charge < -0.3 is 30.2 Å². The highest BCUT2D eigenvalue weighted by Crippen LogP contribution is 2.36. The zero-order valence-corrected chi connectivity index (χ0v) is 22.6. The van der Waals surface area contributed by atoms with E-state index in [1.165, 1.54) is 10.7 Å². The summed E-state index contributed by atoms with van der Waals surface area (Å²) < 4.78 is 18.0. The molecule has 2 atom stereocenters.